The van der Waals surface area contributed by atoms with Crippen LogP contribution >= 0.6 is 0 Å². The number of nitrogens with one attached hydrogen (secondary N) is 1. The Balaban J connectivity index is 1.49. The first-order chi connectivity index (χ1) is 18.9. The number of rotatable bonds is 15. The topological polar surface area (TPSA) is 75.6 Å². The van der Waals surface area contributed by atoms with Crippen molar-refractivity contribution in [3.05, 3.63) is 11.6 Å². The monoisotopic (exact) mass is 559 g/mol. The molecule has 3 rings (SSSR count). The Kier molecular flexibility index (Phi) is 12.6. The molecule has 5 nitrogen and oxygen atoms in total. The van der Waals surface area contributed by atoms with Gasteiger partial charge in [-0.3, -0.25) is 9.59 Å². The van der Waals surface area contributed by atoms with Crippen LogP contribution in [-0.2, 0) is 14.3 Å². The smallest absolute Gasteiger partial charge is 0.303 e. The summed E-state index contributed by atoms with van der Waals surface area (Å²) in [6.07, 6.45) is 19.4. The van der Waals surface area contributed by atoms with Gasteiger partial charge in [-0.15, -0.1) is 0 Å². The first-order valence-corrected chi connectivity index (χ1v) is 16.7. The maximum absolute atomic E-state index is 11.7. The van der Waals surface area contributed by atoms with E-state index in [0.29, 0.717) is 18.6 Å². The molecule has 2 N–H and O–H groups in total. The second kappa shape index (κ2) is 15.2. The molecule has 0 aromatic rings. The Morgan fingerprint density at radius 1 is 1.02 bits per heavy atom. The van der Waals surface area contributed by atoms with Crippen molar-refractivity contribution < 1.29 is 19.4 Å². The van der Waals surface area contributed by atoms with Crippen LogP contribution in [0.5, 0.6) is 0 Å². The van der Waals surface area contributed by atoms with Crippen molar-refractivity contribution in [3.8, 4) is 0 Å². The first-order valence-electron chi connectivity index (χ1n) is 16.7. The molecule has 5 heteroatoms. The van der Waals surface area contributed by atoms with E-state index in [4.69, 9.17) is 9.84 Å². The summed E-state index contributed by atoms with van der Waals surface area (Å²) >= 11 is 0. The van der Waals surface area contributed by atoms with Gasteiger partial charge in [-0.05, 0) is 98.2 Å². The number of hydrogen-bond donors (Lipinski definition) is 2. The lowest BCUT2D eigenvalue weighted by atomic mass is 9.58. The molecule has 0 spiro atoms. The summed E-state index contributed by atoms with van der Waals surface area (Å²) in [6, 6.07) is 0. The Morgan fingerprint density at radius 3 is 2.52 bits per heavy atom. The highest BCUT2D eigenvalue weighted by molar-refractivity contribution is 5.80. The van der Waals surface area contributed by atoms with Crippen LogP contribution in [0.4, 0.5) is 0 Å². The molecule has 3 aliphatic carbocycles. The number of carboxylic acid groups (broad SMARTS) is 1. The first kappa shape index (κ1) is 33.1. The fourth-order valence-electron chi connectivity index (χ4n) is 8.61. The number of fused-ring (bicyclic) bond motifs is 1. The van der Waals surface area contributed by atoms with Crippen molar-refractivity contribution in [2.75, 3.05) is 13.2 Å². The Morgan fingerprint density at radius 2 is 1.80 bits per heavy atom. The van der Waals surface area contributed by atoms with E-state index < -0.39 is 5.97 Å². The van der Waals surface area contributed by atoms with Crippen molar-refractivity contribution in [2.24, 2.45) is 40.4 Å². The zero-order chi connectivity index (χ0) is 29.3. The molecular formula is C35H61NO4. The molecule has 0 aliphatic heterocycles. The number of carbonyl (C=O) groups excluding carboxylic acids is 1. The van der Waals surface area contributed by atoms with E-state index in [-0.39, 0.29) is 30.3 Å². The summed E-state index contributed by atoms with van der Waals surface area (Å²) in [4.78, 5) is 22.3. The second-order valence-electron chi connectivity index (χ2n) is 14.9. The molecule has 3 aliphatic rings. The third kappa shape index (κ3) is 9.33. The zero-order valence-corrected chi connectivity index (χ0v) is 26.7. The van der Waals surface area contributed by atoms with Crippen LogP contribution in [0.25, 0.3) is 0 Å². The van der Waals surface area contributed by atoms with E-state index in [9.17, 15) is 9.59 Å². The molecule has 40 heavy (non-hydrogen) atoms. The third-order valence-electron chi connectivity index (χ3n) is 11.1. The fraction of sp³-hybridized carbons (Fsp3) is 0.886. The Labute approximate surface area is 245 Å². The molecule has 1 amide bonds. The summed E-state index contributed by atoms with van der Waals surface area (Å²) in [5, 5.41) is 11.5. The molecule has 6 atom stereocenters. The van der Waals surface area contributed by atoms with Crippen molar-refractivity contribution in [1.82, 2.24) is 5.32 Å². The molecule has 0 saturated heterocycles. The van der Waals surface area contributed by atoms with Crippen molar-refractivity contribution in [1.29, 1.82) is 0 Å². The standard InChI is InChI=1S/C35H61NO4/c1-25(2)10-7-11-26(3)30-15-16-31-27(12-8-20-35(30,31)6)13-14-28-24-29(19-21-34(28,4)5)40-23-9-22-36-32(37)17-18-33(38)39/h14,25-27,29-31H,7-13,15-24H2,1-6H3,(H,36,37)(H,38,39)/b28-14-/t26-,27+,29+,30-,31+,35-/m1/s1. The highest BCUT2D eigenvalue weighted by atomic mass is 16.5. The summed E-state index contributed by atoms with van der Waals surface area (Å²) in [6.45, 7) is 15.9. The third-order valence-corrected chi connectivity index (χ3v) is 11.1. The predicted octanol–water partition coefficient (Wildman–Crippen LogP) is 8.56. The highest BCUT2D eigenvalue weighted by Gasteiger charge is 2.52. The lowest BCUT2D eigenvalue weighted by Gasteiger charge is -2.47. The van der Waals surface area contributed by atoms with Gasteiger partial charge < -0.3 is 15.2 Å². The van der Waals surface area contributed by atoms with Gasteiger partial charge in [-0.25, -0.2) is 0 Å². The van der Waals surface area contributed by atoms with Gasteiger partial charge in [-0.2, -0.15) is 0 Å². The maximum atomic E-state index is 11.7. The average Bonchev–Trinajstić information content (AvgIpc) is 3.24. The van der Waals surface area contributed by atoms with Gasteiger partial charge in [0.05, 0.1) is 12.5 Å². The lowest BCUT2D eigenvalue weighted by Crippen LogP contribution is -2.39. The molecule has 0 aromatic carbocycles. The van der Waals surface area contributed by atoms with Crippen LogP contribution in [0.15, 0.2) is 11.6 Å². The van der Waals surface area contributed by atoms with Crippen LogP contribution in [0, 0.1) is 40.4 Å². The van der Waals surface area contributed by atoms with E-state index in [1.54, 1.807) is 5.57 Å². The second-order valence-corrected chi connectivity index (χ2v) is 14.9. The number of allylic oxidation sites excluding steroid dienone is 1. The number of aliphatic carboxylic acids is 1. The minimum absolute atomic E-state index is 0.0427. The van der Waals surface area contributed by atoms with Crippen LogP contribution < -0.4 is 5.32 Å². The van der Waals surface area contributed by atoms with E-state index in [0.717, 1.165) is 55.3 Å². The van der Waals surface area contributed by atoms with Crippen molar-refractivity contribution in [2.45, 2.75) is 144 Å². The van der Waals surface area contributed by atoms with Gasteiger partial charge in [0.2, 0.25) is 5.91 Å². The van der Waals surface area contributed by atoms with Crippen LogP contribution in [0.2, 0.25) is 0 Å². The molecule has 0 bridgehead atoms. The molecule has 0 aromatic heterocycles. The van der Waals surface area contributed by atoms with Crippen molar-refractivity contribution in [3.63, 3.8) is 0 Å². The fourth-order valence-corrected chi connectivity index (χ4v) is 8.61. The SMILES string of the molecule is CC(C)CCC[C@@H](C)[C@H]1CC[C@H]2[C@H](C/C=C3/C[C@@H](OCCCNC(=O)CCC(=O)O)CCC3(C)C)CCC[C@]12C. The molecule has 0 heterocycles. The van der Waals surface area contributed by atoms with Crippen LogP contribution in [0.3, 0.4) is 0 Å². The van der Waals surface area contributed by atoms with Crippen LogP contribution in [-0.4, -0.2) is 36.2 Å². The summed E-state index contributed by atoms with van der Waals surface area (Å²) in [5.41, 5.74) is 2.38. The number of carboxylic acids is 1. The summed E-state index contributed by atoms with van der Waals surface area (Å²) in [7, 11) is 0. The normalized spacial score (nSPS) is 31.7. The van der Waals surface area contributed by atoms with Gasteiger partial charge in [0, 0.05) is 19.6 Å². The number of carbonyl (C=O) groups is 2. The van der Waals surface area contributed by atoms with E-state index in [2.05, 4.69) is 52.9 Å². The summed E-state index contributed by atoms with van der Waals surface area (Å²) < 4.78 is 6.26. The van der Waals surface area contributed by atoms with Gasteiger partial charge in [-0.1, -0.05) is 78.9 Å². The van der Waals surface area contributed by atoms with Gasteiger partial charge in [0.25, 0.3) is 0 Å². The minimum atomic E-state index is -0.936. The number of ether oxygens (including phenoxy) is 1. The van der Waals surface area contributed by atoms with E-state index in [1.165, 1.54) is 57.8 Å². The van der Waals surface area contributed by atoms with Gasteiger partial charge >= 0.3 is 5.97 Å². The predicted molar refractivity (Wildman–Crippen MR) is 164 cm³/mol. The summed E-state index contributed by atoms with van der Waals surface area (Å²) in [5.74, 6) is 3.19. The van der Waals surface area contributed by atoms with Gasteiger partial charge in [0.15, 0.2) is 0 Å². The Hall–Kier alpha value is -1.36. The minimum Gasteiger partial charge on any atom is -0.481 e. The van der Waals surface area contributed by atoms with Crippen LogP contribution in [0.1, 0.15) is 138 Å². The lowest BCUT2D eigenvalue weighted by molar-refractivity contribution is -0.138. The molecule has 3 fully saturated rings. The molecule has 3 saturated carbocycles. The number of hydrogen-bond acceptors (Lipinski definition) is 3. The van der Waals surface area contributed by atoms with E-state index >= 15 is 0 Å². The quantitative estimate of drug-likeness (QED) is 0.156. The van der Waals surface area contributed by atoms with E-state index in [1.807, 2.05) is 0 Å². The molecule has 0 unspecified atom stereocenters. The van der Waals surface area contributed by atoms with Gasteiger partial charge in [0.1, 0.15) is 0 Å². The molecule has 0 radical (unpaired) electrons. The molecular weight excluding hydrogens is 498 g/mol. The van der Waals surface area contributed by atoms with Crippen molar-refractivity contribution >= 4 is 11.9 Å². The Bertz CT molecular complexity index is 848. The maximum Gasteiger partial charge on any atom is 0.303 e. The number of amides is 1. The highest BCUT2D eigenvalue weighted by Crippen LogP contribution is 2.60. The average molecular weight is 560 g/mol. The molecule has 230 valence electrons. The largest absolute Gasteiger partial charge is 0.481 e. The zero-order valence-electron chi connectivity index (χ0n) is 26.7.